The second-order valence-electron chi connectivity index (χ2n) is 4.91. The van der Waals surface area contributed by atoms with Crippen LogP contribution in [0.5, 0.6) is 0 Å². The Bertz CT molecular complexity index is 382. The van der Waals surface area contributed by atoms with Gasteiger partial charge in [0.15, 0.2) is 0 Å². The SMILES string of the molecule is Cc1ccc(C(=O)N(C)CCC2CNC2)cc1. The lowest BCUT2D eigenvalue weighted by molar-refractivity contribution is 0.0782. The quantitative estimate of drug-likeness (QED) is 0.856. The van der Waals surface area contributed by atoms with Crippen molar-refractivity contribution in [2.45, 2.75) is 13.3 Å². The van der Waals surface area contributed by atoms with E-state index in [0.29, 0.717) is 0 Å². The van der Waals surface area contributed by atoms with Crippen molar-refractivity contribution in [3.05, 3.63) is 35.4 Å². The van der Waals surface area contributed by atoms with Crippen LogP contribution in [0.3, 0.4) is 0 Å². The van der Waals surface area contributed by atoms with Crippen LogP contribution >= 0.6 is 0 Å². The minimum absolute atomic E-state index is 0.122. The molecular weight excluding hydrogens is 212 g/mol. The molecule has 0 radical (unpaired) electrons. The fraction of sp³-hybridized carbons (Fsp3) is 0.500. The lowest BCUT2D eigenvalue weighted by atomic mass is 9.99. The molecule has 3 heteroatoms. The van der Waals surface area contributed by atoms with Gasteiger partial charge in [0, 0.05) is 19.2 Å². The molecule has 0 atom stereocenters. The molecule has 1 aromatic rings. The van der Waals surface area contributed by atoms with Crippen molar-refractivity contribution < 1.29 is 4.79 Å². The summed E-state index contributed by atoms with van der Waals surface area (Å²) in [6.45, 7) is 5.08. The summed E-state index contributed by atoms with van der Waals surface area (Å²) < 4.78 is 0. The van der Waals surface area contributed by atoms with Crippen molar-refractivity contribution >= 4 is 5.91 Å². The van der Waals surface area contributed by atoms with Gasteiger partial charge in [-0.05, 0) is 44.5 Å². The topological polar surface area (TPSA) is 32.3 Å². The zero-order chi connectivity index (χ0) is 12.3. The highest BCUT2D eigenvalue weighted by Crippen LogP contribution is 2.11. The van der Waals surface area contributed by atoms with Gasteiger partial charge >= 0.3 is 0 Å². The average molecular weight is 232 g/mol. The Labute approximate surface area is 103 Å². The first-order valence-corrected chi connectivity index (χ1v) is 6.19. The van der Waals surface area contributed by atoms with Crippen molar-refractivity contribution in [1.29, 1.82) is 0 Å². The molecule has 0 aromatic heterocycles. The van der Waals surface area contributed by atoms with Crippen LogP contribution in [0.15, 0.2) is 24.3 Å². The summed E-state index contributed by atoms with van der Waals surface area (Å²) in [4.78, 5) is 13.9. The fourth-order valence-corrected chi connectivity index (χ4v) is 1.95. The molecule has 0 aliphatic carbocycles. The van der Waals surface area contributed by atoms with Crippen LogP contribution in [0, 0.1) is 12.8 Å². The first kappa shape index (κ1) is 12.1. The molecule has 1 saturated heterocycles. The predicted octanol–water partition coefficient (Wildman–Crippen LogP) is 1.68. The van der Waals surface area contributed by atoms with Gasteiger partial charge in [-0.3, -0.25) is 4.79 Å². The molecule has 0 bridgehead atoms. The molecule has 1 aliphatic heterocycles. The van der Waals surface area contributed by atoms with Gasteiger partial charge < -0.3 is 10.2 Å². The first-order chi connectivity index (χ1) is 8.16. The average Bonchev–Trinajstić information content (AvgIpc) is 2.27. The third-order valence-corrected chi connectivity index (χ3v) is 3.38. The minimum atomic E-state index is 0.122. The molecule has 3 nitrogen and oxygen atoms in total. The van der Waals surface area contributed by atoms with Crippen LogP contribution < -0.4 is 5.32 Å². The number of amides is 1. The van der Waals surface area contributed by atoms with Gasteiger partial charge in [0.1, 0.15) is 0 Å². The Morgan fingerprint density at radius 3 is 2.53 bits per heavy atom. The van der Waals surface area contributed by atoms with E-state index in [4.69, 9.17) is 0 Å². The molecule has 0 unspecified atom stereocenters. The maximum absolute atomic E-state index is 12.1. The van der Waals surface area contributed by atoms with E-state index in [1.54, 1.807) is 0 Å². The van der Waals surface area contributed by atoms with Crippen LogP contribution in [0.2, 0.25) is 0 Å². The summed E-state index contributed by atoms with van der Waals surface area (Å²) in [5.41, 5.74) is 1.97. The number of benzene rings is 1. The van der Waals surface area contributed by atoms with E-state index < -0.39 is 0 Å². The zero-order valence-electron chi connectivity index (χ0n) is 10.6. The highest BCUT2D eigenvalue weighted by molar-refractivity contribution is 5.94. The number of nitrogens with zero attached hydrogens (tertiary/aromatic N) is 1. The standard InChI is InChI=1S/C14H20N2O/c1-11-3-5-13(6-4-11)14(17)16(2)8-7-12-9-15-10-12/h3-6,12,15H,7-10H2,1-2H3. The summed E-state index contributed by atoms with van der Waals surface area (Å²) >= 11 is 0. The number of rotatable bonds is 4. The number of carbonyl (C=O) groups excluding carboxylic acids is 1. The van der Waals surface area contributed by atoms with Crippen LogP contribution in [-0.2, 0) is 0 Å². The number of carbonyl (C=O) groups is 1. The van der Waals surface area contributed by atoms with Gasteiger partial charge in [0.25, 0.3) is 5.91 Å². The molecule has 0 spiro atoms. The highest BCUT2D eigenvalue weighted by Gasteiger charge is 2.18. The Morgan fingerprint density at radius 1 is 1.35 bits per heavy atom. The summed E-state index contributed by atoms with van der Waals surface area (Å²) in [6.07, 6.45) is 1.10. The molecule has 17 heavy (non-hydrogen) atoms. The number of aryl methyl sites for hydroxylation is 1. The van der Waals surface area contributed by atoms with E-state index >= 15 is 0 Å². The van der Waals surface area contributed by atoms with E-state index in [9.17, 15) is 4.79 Å². The van der Waals surface area contributed by atoms with E-state index in [-0.39, 0.29) is 5.91 Å². The van der Waals surface area contributed by atoms with E-state index in [2.05, 4.69) is 5.32 Å². The molecule has 1 amide bonds. The predicted molar refractivity (Wildman–Crippen MR) is 69.1 cm³/mol. The van der Waals surface area contributed by atoms with Crippen LogP contribution in [0.1, 0.15) is 22.3 Å². The molecule has 1 aromatic carbocycles. The van der Waals surface area contributed by atoms with Crippen molar-refractivity contribution in [1.82, 2.24) is 10.2 Å². The van der Waals surface area contributed by atoms with Crippen LogP contribution in [-0.4, -0.2) is 37.5 Å². The smallest absolute Gasteiger partial charge is 0.253 e. The van der Waals surface area contributed by atoms with Gasteiger partial charge in [0.05, 0.1) is 0 Å². The molecule has 2 rings (SSSR count). The fourth-order valence-electron chi connectivity index (χ4n) is 1.95. The van der Waals surface area contributed by atoms with Gasteiger partial charge in [-0.2, -0.15) is 0 Å². The van der Waals surface area contributed by atoms with Crippen LogP contribution in [0.4, 0.5) is 0 Å². The summed E-state index contributed by atoms with van der Waals surface area (Å²) in [5.74, 6) is 0.876. The second-order valence-corrected chi connectivity index (χ2v) is 4.91. The maximum atomic E-state index is 12.1. The van der Waals surface area contributed by atoms with E-state index in [0.717, 1.165) is 37.5 Å². The first-order valence-electron chi connectivity index (χ1n) is 6.19. The molecule has 92 valence electrons. The Balaban J connectivity index is 1.87. The van der Waals surface area contributed by atoms with Crippen LogP contribution in [0.25, 0.3) is 0 Å². The lowest BCUT2D eigenvalue weighted by Gasteiger charge is -2.29. The number of hydrogen-bond donors (Lipinski definition) is 1. The Morgan fingerprint density at radius 2 is 2.00 bits per heavy atom. The van der Waals surface area contributed by atoms with Gasteiger partial charge in [-0.25, -0.2) is 0 Å². The van der Waals surface area contributed by atoms with Gasteiger partial charge in [-0.1, -0.05) is 17.7 Å². The largest absolute Gasteiger partial charge is 0.342 e. The molecular formula is C14H20N2O. The molecule has 0 saturated carbocycles. The van der Waals surface area contributed by atoms with Crippen molar-refractivity contribution in [3.63, 3.8) is 0 Å². The van der Waals surface area contributed by atoms with Gasteiger partial charge in [-0.15, -0.1) is 0 Å². The molecule has 1 heterocycles. The second kappa shape index (κ2) is 5.32. The van der Waals surface area contributed by atoms with Crippen molar-refractivity contribution in [2.75, 3.05) is 26.7 Å². The normalized spacial score (nSPS) is 15.4. The monoisotopic (exact) mass is 232 g/mol. The van der Waals surface area contributed by atoms with Gasteiger partial charge in [0.2, 0.25) is 0 Å². The summed E-state index contributed by atoms with van der Waals surface area (Å²) in [7, 11) is 1.88. The van der Waals surface area contributed by atoms with E-state index in [1.807, 2.05) is 43.1 Å². The Hall–Kier alpha value is -1.35. The molecule has 1 N–H and O–H groups in total. The van der Waals surface area contributed by atoms with Crippen molar-refractivity contribution in [3.8, 4) is 0 Å². The Kier molecular flexibility index (Phi) is 3.79. The molecule has 1 fully saturated rings. The van der Waals surface area contributed by atoms with E-state index in [1.165, 1.54) is 5.56 Å². The summed E-state index contributed by atoms with van der Waals surface area (Å²) in [5, 5.41) is 3.25. The molecule has 1 aliphatic rings. The lowest BCUT2D eigenvalue weighted by Crippen LogP contribution is -2.43. The zero-order valence-corrected chi connectivity index (χ0v) is 10.6. The maximum Gasteiger partial charge on any atom is 0.253 e. The minimum Gasteiger partial charge on any atom is -0.342 e. The highest BCUT2D eigenvalue weighted by atomic mass is 16.2. The number of hydrogen-bond acceptors (Lipinski definition) is 2. The third-order valence-electron chi connectivity index (χ3n) is 3.38. The van der Waals surface area contributed by atoms with Crippen molar-refractivity contribution in [2.24, 2.45) is 5.92 Å². The third kappa shape index (κ3) is 3.07. The number of nitrogens with one attached hydrogen (secondary N) is 1. The summed E-state index contributed by atoms with van der Waals surface area (Å²) in [6, 6.07) is 7.77.